The lowest BCUT2D eigenvalue weighted by molar-refractivity contribution is -0.384. The molecule has 0 bridgehead atoms. The van der Waals surface area contributed by atoms with Crippen molar-refractivity contribution in [2.24, 2.45) is 0 Å². The van der Waals surface area contributed by atoms with Crippen molar-refractivity contribution in [3.05, 3.63) is 87.9 Å². The van der Waals surface area contributed by atoms with Gasteiger partial charge in [-0.15, -0.1) is 0 Å². The molecule has 0 unspecified atom stereocenters. The molecule has 2 heterocycles. The third-order valence-corrected chi connectivity index (χ3v) is 5.24. The molecule has 1 fully saturated rings. The Labute approximate surface area is 183 Å². The second-order valence-corrected chi connectivity index (χ2v) is 7.57. The van der Waals surface area contributed by atoms with E-state index < -0.39 is 16.6 Å². The van der Waals surface area contributed by atoms with Crippen LogP contribution < -0.4 is 5.32 Å². The van der Waals surface area contributed by atoms with Gasteiger partial charge in [-0.2, -0.15) is 0 Å². The molecule has 1 aromatic heterocycles. The average Bonchev–Trinajstić information content (AvgIpc) is 3.24. The van der Waals surface area contributed by atoms with Crippen LogP contribution in [0.2, 0.25) is 0 Å². The predicted molar refractivity (Wildman–Crippen MR) is 115 cm³/mol. The second-order valence-electron chi connectivity index (χ2n) is 7.57. The SMILES string of the molecule is O=C(Nc1cccc(F)c1)c1coc(CN2CCN(Cc3ccc([N+](=O)[O-])cc3)CC2)n1. The van der Waals surface area contributed by atoms with Crippen LogP contribution in [0.5, 0.6) is 0 Å². The summed E-state index contributed by atoms with van der Waals surface area (Å²) in [4.78, 5) is 31.4. The van der Waals surface area contributed by atoms with Crippen LogP contribution in [0.25, 0.3) is 0 Å². The summed E-state index contributed by atoms with van der Waals surface area (Å²) in [5.74, 6) is -0.451. The molecule has 10 heteroatoms. The number of benzene rings is 2. The number of hydrogen-bond donors (Lipinski definition) is 1. The first-order valence-corrected chi connectivity index (χ1v) is 10.2. The van der Waals surface area contributed by atoms with Gasteiger partial charge < -0.3 is 9.73 Å². The molecule has 0 spiro atoms. The molecule has 2 aromatic carbocycles. The van der Waals surface area contributed by atoms with Gasteiger partial charge in [0.15, 0.2) is 5.69 Å². The number of anilines is 1. The quantitative estimate of drug-likeness (QED) is 0.445. The molecule has 9 nitrogen and oxygen atoms in total. The normalized spacial score (nSPS) is 14.9. The monoisotopic (exact) mass is 439 g/mol. The first-order chi connectivity index (χ1) is 15.5. The van der Waals surface area contributed by atoms with E-state index in [9.17, 15) is 19.3 Å². The molecule has 3 aromatic rings. The van der Waals surface area contributed by atoms with Gasteiger partial charge in [0.05, 0.1) is 11.5 Å². The molecule has 0 atom stereocenters. The molecule has 0 saturated carbocycles. The van der Waals surface area contributed by atoms with Gasteiger partial charge in [0.1, 0.15) is 12.1 Å². The van der Waals surface area contributed by atoms with E-state index in [1.807, 2.05) is 0 Å². The number of nitrogens with one attached hydrogen (secondary N) is 1. The van der Waals surface area contributed by atoms with Crippen molar-refractivity contribution in [3.8, 4) is 0 Å². The predicted octanol–water partition coefficient (Wildman–Crippen LogP) is 3.29. The smallest absolute Gasteiger partial charge is 0.277 e. The van der Waals surface area contributed by atoms with Crippen LogP contribution in [0.3, 0.4) is 0 Å². The van der Waals surface area contributed by atoms with Crippen LogP contribution in [-0.4, -0.2) is 51.8 Å². The third kappa shape index (κ3) is 5.54. The van der Waals surface area contributed by atoms with Crippen LogP contribution in [0.1, 0.15) is 21.9 Å². The number of aromatic nitrogens is 1. The highest BCUT2D eigenvalue weighted by Crippen LogP contribution is 2.16. The number of non-ortho nitro benzene ring substituents is 1. The Kier molecular flexibility index (Phi) is 6.52. The summed E-state index contributed by atoms with van der Waals surface area (Å²) in [5, 5.41) is 13.4. The first kappa shape index (κ1) is 21.6. The standard InChI is InChI=1S/C22H22FN5O4/c23-17-2-1-3-18(12-17)24-22(29)20-15-32-21(25-20)14-27-10-8-26(9-11-27)13-16-4-6-19(7-5-16)28(30)31/h1-7,12,15H,8-11,13-14H2,(H,24,29). The van der Waals surface area contributed by atoms with Gasteiger partial charge >= 0.3 is 0 Å². The number of nitro benzene ring substituents is 1. The van der Waals surface area contributed by atoms with Gasteiger partial charge in [0.2, 0.25) is 5.89 Å². The lowest BCUT2D eigenvalue weighted by Crippen LogP contribution is -2.45. The van der Waals surface area contributed by atoms with Crippen molar-refractivity contribution >= 4 is 17.3 Å². The van der Waals surface area contributed by atoms with Crippen molar-refractivity contribution < 1.29 is 18.5 Å². The molecule has 1 saturated heterocycles. The molecular weight excluding hydrogens is 417 g/mol. The highest BCUT2D eigenvalue weighted by Gasteiger charge is 2.20. The number of amides is 1. The van der Waals surface area contributed by atoms with E-state index in [2.05, 4.69) is 20.1 Å². The summed E-state index contributed by atoms with van der Waals surface area (Å²) in [6.07, 6.45) is 1.30. The summed E-state index contributed by atoms with van der Waals surface area (Å²) in [5.41, 5.74) is 1.61. The maximum atomic E-state index is 13.3. The number of oxazole rings is 1. The van der Waals surface area contributed by atoms with E-state index in [-0.39, 0.29) is 11.4 Å². The molecule has 1 aliphatic rings. The van der Waals surface area contributed by atoms with Crippen LogP contribution in [0.4, 0.5) is 15.8 Å². The van der Waals surface area contributed by atoms with E-state index >= 15 is 0 Å². The number of piperazine rings is 1. The Bertz CT molecular complexity index is 1090. The first-order valence-electron chi connectivity index (χ1n) is 10.2. The van der Waals surface area contributed by atoms with Crippen LogP contribution in [0, 0.1) is 15.9 Å². The molecule has 1 amide bonds. The summed E-state index contributed by atoms with van der Waals surface area (Å²) in [6.45, 7) is 4.50. The molecular formula is C22H22FN5O4. The number of hydrogen-bond acceptors (Lipinski definition) is 7. The summed E-state index contributed by atoms with van der Waals surface area (Å²) in [7, 11) is 0. The van der Waals surface area contributed by atoms with Crippen LogP contribution >= 0.6 is 0 Å². The Hall–Kier alpha value is -3.63. The Balaban J connectivity index is 1.25. The van der Waals surface area contributed by atoms with Gasteiger partial charge in [-0.25, -0.2) is 9.37 Å². The van der Waals surface area contributed by atoms with Gasteiger partial charge in [-0.05, 0) is 23.8 Å². The third-order valence-electron chi connectivity index (χ3n) is 5.24. The maximum Gasteiger partial charge on any atom is 0.277 e. The van der Waals surface area contributed by atoms with E-state index in [4.69, 9.17) is 4.42 Å². The Morgan fingerprint density at radius 1 is 1.09 bits per heavy atom. The molecule has 166 valence electrons. The Morgan fingerprint density at radius 2 is 1.78 bits per heavy atom. The van der Waals surface area contributed by atoms with Crippen molar-refractivity contribution in [3.63, 3.8) is 0 Å². The van der Waals surface area contributed by atoms with Crippen molar-refractivity contribution in [1.82, 2.24) is 14.8 Å². The van der Waals surface area contributed by atoms with E-state index in [0.717, 1.165) is 38.3 Å². The largest absolute Gasteiger partial charge is 0.447 e. The minimum atomic E-state index is -0.460. The number of nitrogens with zero attached hydrogens (tertiary/aromatic N) is 4. The zero-order valence-electron chi connectivity index (χ0n) is 17.2. The molecule has 1 aliphatic heterocycles. The summed E-state index contributed by atoms with van der Waals surface area (Å²) < 4.78 is 18.7. The highest BCUT2D eigenvalue weighted by atomic mass is 19.1. The second kappa shape index (κ2) is 9.67. The number of halogens is 1. The molecule has 32 heavy (non-hydrogen) atoms. The van der Waals surface area contributed by atoms with Crippen LogP contribution in [0.15, 0.2) is 59.2 Å². The summed E-state index contributed by atoms with van der Waals surface area (Å²) in [6, 6.07) is 12.3. The van der Waals surface area contributed by atoms with Gasteiger partial charge in [0.25, 0.3) is 11.6 Å². The van der Waals surface area contributed by atoms with Crippen molar-refractivity contribution in [2.75, 3.05) is 31.5 Å². The zero-order valence-corrected chi connectivity index (χ0v) is 17.2. The lowest BCUT2D eigenvalue weighted by atomic mass is 10.2. The Morgan fingerprint density at radius 3 is 2.44 bits per heavy atom. The highest BCUT2D eigenvalue weighted by molar-refractivity contribution is 6.02. The number of nitro groups is 1. The fraction of sp³-hybridized carbons (Fsp3) is 0.273. The van der Waals surface area contributed by atoms with Gasteiger partial charge in [-0.1, -0.05) is 18.2 Å². The average molecular weight is 439 g/mol. The van der Waals surface area contributed by atoms with Crippen molar-refractivity contribution in [2.45, 2.75) is 13.1 Å². The minimum Gasteiger partial charge on any atom is -0.447 e. The lowest BCUT2D eigenvalue weighted by Gasteiger charge is -2.34. The molecule has 4 rings (SSSR count). The molecule has 1 N–H and O–H groups in total. The number of carbonyl (C=O) groups is 1. The minimum absolute atomic E-state index is 0.0912. The van der Waals surface area contributed by atoms with E-state index in [1.165, 1.54) is 36.6 Å². The van der Waals surface area contributed by atoms with E-state index in [0.29, 0.717) is 18.1 Å². The van der Waals surface area contributed by atoms with E-state index in [1.54, 1.807) is 18.2 Å². The number of carbonyl (C=O) groups excluding carboxylic acids is 1. The van der Waals surface area contributed by atoms with Crippen molar-refractivity contribution in [1.29, 1.82) is 0 Å². The topological polar surface area (TPSA) is 105 Å². The van der Waals surface area contributed by atoms with Crippen LogP contribution in [-0.2, 0) is 13.1 Å². The van der Waals surface area contributed by atoms with Gasteiger partial charge in [-0.3, -0.25) is 24.7 Å². The fourth-order valence-corrected chi connectivity index (χ4v) is 3.53. The molecule has 0 radical (unpaired) electrons. The zero-order chi connectivity index (χ0) is 22.5. The fourth-order valence-electron chi connectivity index (χ4n) is 3.53. The maximum absolute atomic E-state index is 13.3. The molecule has 0 aliphatic carbocycles. The number of rotatable bonds is 7. The van der Waals surface area contributed by atoms with Gasteiger partial charge in [0, 0.05) is 50.5 Å². The summed E-state index contributed by atoms with van der Waals surface area (Å²) >= 11 is 0.